The molecule has 5 heteroatoms. The molecule has 1 aromatic heterocycles. The van der Waals surface area contributed by atoms with E-state index in [1.54, 1.807) is 0 Å². The minimum atomic E-state index is -0.0912. The van der Waals surface area contributed by atoms with E-state index in [1.165, 1.54) is 6.42 Å². The minimum absolute atomic E-state index is 0.0876. The molecule has 0 spiro atoms. The largest absolute Gasteiger partial charge is 0.348 e. The smallest absolute Gasteiger partial charge is 0.253 e. The summed E-state index contributed by atoms with van der Waals surface area (Å²) in [6.45, 7) is 7.28. The number of hydrogen-bond acceptors (Lipinski definition) is 2. The Kier molecular flexibility index (Phi) is 6.40. The second kappa shape index (κ2) is 9.38. The molecule has 1 fully saturated rings. The summed E-state index contributed by atoms with van der Waals surface area (Å²) in [6, 6.07) is 15.6. The molecule has 1 N–H and O–H groups in total. The monoisotopic (exact) mass is 417 g/mol. The molecule has 0 unspecified atom stereocenters. The molecule has 0 aliphatic carbocycles. The quantitative estimate of drug-likeness (QED) is 0.623. The number of carbonyl (C=O) groups excluding carboxylic acids is 2. The van der Waals surface area contributed by atoms with Gasteiger partial charge in [0.05, 0.1) is 5.56 Å². The average Bonchev–Trinajstić information content (AvgIpc) is 3.16. The summed E-state index contributed by atoms with van der Waals surface area (Å²) in [7, 11) is 0. The van der Waals surface area contributed by atoms with Crippen LogP contribution in [0.5, 0.6) is 0 Å². The number of nitrogens with zero attached hydrogens (tertiary/aromatic N) is 2. The summed E-state index contributed by atoms with van der Waals surface area (Å²) in [4.78, 5) is 27.7. The maximum atomic E-state index is 13.0. The molecule has 5 nitrogen and oxygen atoms in total. The standard InChI is InChI=1S/C26H31N3O2/c1-19(2)17-29-18-23(22-11-4-5-12-24(22)29)25(30)27-16-20-9-8-10-21(15-20)26(31)28-13-6-3-7-14-28/h4-5,8-12,15,18-19H,3,6-7,13-14,16-17H2,1-2H3,(H,27,30). The fraction of sp³-hybridized carbons (Fsp3) is 0.385. The van der Waals surface area contributed by atoms with E-state index in [0.29, 0.717) is 23.6 Å². The summed E-state index contributed by atoms with van der Waals surface area (Å²) in [5.74, 6) is 0.489. The van der Waals surface area contributed by atoms with E-state index in [0.717, 1.165) is 48.9 Å². The van der Waals surface area contributed by atoms with Crippen molar-refractivity contribution in [3.63, 3.8) is 0 Å². The zero-order valence-corrected chi connectivity index (χ0v) is 18.4. The van der Waals surface area contributed by atoms with Crippen LogP contribution in [-0.4, -0.2) is 34.4 Å². The Labute approximate surface area is 184 Å². The van der Waals surface area contributed by atoms with Gasteiger partial charge in [0.1, 0.15) is 0 Å². The molecule has 162 valence electrons. The van der Waals surface area contributed by atoms with Gasteiger partial charge in [0, 0.05) is 48.8 Å². The molecule has 1 aliphatic heterocycles. The summed E-state index contributed by atoms with van der Waals surface area (Å²) in [5, 5.41) is 4.01. The summed E-state index contributed by atoms with van der Waals surface area (Å²) >= 11 is 0. The maximum Gasteiger partial charge on any atom is 0.253 e. The SMILES string of the molecule is CC(C)Cn1cc(C(=O)NCc2cccc(C(=O)N3CCCCC3)c2)c2ccccc21. The Balaban J connectivity index is 1.47. The molecule has 0 bridgehead atoms. The van der Waals surface area contributed by atoms with Crippen molar-refractivity contribution >= 4 is 22.7 Å². The van der Waals surface area contributed by atoms with Crippen LogP contribution in [0.2, 0.25) is 0 Å². The van der Waals surface area contributed by atoms with Crippen molar-refractivity contribution in [3.8, 4) is 0 Å². The van der Waals surface area contributed by atoms with Crippen molar-refractivity contribution in [2.45, 2.75) is 46.2 Å². The first kappa shape index (κ1) is 21.2. The summed E-state index contributed by atoms with van der Waals surface area (Å²) in [6.07, 6.45) is 5.30. The van der Waals surface area contributed by atoms with Crippen LogP contribution in [-0.2, 0) is 13.1 Å². The first-order chi connectivity index (χ1) is 15.0. The van der Waals surface area contributed by atoms with E-state index in [9.17, 15) is 9.59 Å². The van der Waals surface area contributed by atoms with Gasteiger partial charge in [-0.2, -0.15) is 0 Å². The number of carbonyl (C=O) groups is 2. The summed E-state index contributed by atoms with van der Waals surface area (Å²) < 4.78 is 2.16. The predicted octanol–water partition coefficient (Wildman–Crippen LogP) is 4.85. The van der Waals surface area contributed by atoms with Crippen molar-refractivity contribution in [3.05, 3.63) is 71.4 Å². The highest BCUT2D eigenvalue weighted by Crippen LogP contribution is 2.22. The second-order valence-electron chi connectivity index (χ2n) is 8.84. The lowest BCUT2D eigenvalue weighted by Gasteiger charge is -2.26. The van der Waals surface area contributed by atoms with Gasteiger partial charge in [-0.15, -0.1) is 0 Å². The van der Waals surface area contributed by atoms with E-state index in [-0.39, 0.29) is 11.8 Å². The Morgan fingerprint density at radius 2 is 1.77 bits per heavy atom. The van der Waals surface area contributed by atoms with Crippen LogP contribution >= 0.6 is 0 Å². The number of piperidine rings is 1. The minimum Gasteiger partial charge on any atom is -0.348 e. The van der Waals surface area contributed by atoms with E-state index < -0.39 is 0 Å². The molecule has 2 heterocycles. The molecular weight excluding hydrogens is 386 g/mol. The van der Waals surface area contributed by atoms with Crippen molar-refractivity contribution in [1.82, 2.24) is 14.8 Å². The molecule has 2 aromatic carbocycles. The molecule has 3 aromatic rings. The molecule has 0 radical (unpaired) electrons. The Morgan fingerprint density at radius 1 is 1.00 bits per heavy atom. The van der Waals surface area contributed by atoms with Gasteiger partial charge in [-0.05, 0) is 48.9 Å². The van der Waals surface area contributed by atoms with Crippen molar-refractivity contribution < 1.29 is 9.59 Å². The Bertz CT molecular complexity index is 1080. The third-order valence-electron chi connectivity index (χ3n) is 5.87. The van der Waals surface area contributed by atoms with Crippen LogP contribution in [0.1, 0.15) is 59.4 Å². The number of rotatable bonds is 6. The Hall–Kier alpha value is -3.08. The number of hydrogen-bond donors (Lipinski definition) is 1. The average molecular weight is 418 g/mol. The Morgan fingerprint density at radius 3 is 2.55 bits per heavy atom. The van der Waals surface area contributed by atoms with E-state index in [2.05, 4.69) is 29.8 Å². The molecule has 0 saturated carbocycles. The van der Waals surface area contributed by atoms with Crippen LogP contribution in [0.4, 0.5) is 0 Å². The third-order valence-corrected chi connectivity index (χ3v) is 5.87. The normalized spacial score (nSPS) is 14.2. The maximum absolute atomic E-state index is 13.0. The fourth-order valence-electron chi connectivity index (χ4n) is 4.34. The second-order valence-corrected chi connectivity index (χ2v) is 8.84. The highest BCUT2D eigenvalue weighted by atomic mass is 16.2. The first-order valence-corrected chi connectivity index (χ1v) is 11.3. The zero-order valence-electron chi connectivity index (χ0n) is 18.4. The van der Waals surface area contributed by atoms with Crippen molar-refractivity contribution in [1.29, 1.82) is 0 Å². The fourth-order valence-corrected chi connectivity index (χ4v) is 4.34. The molecule has 1 saturated heterocycles. The lowest BCUT2D eigenvalue weighted by Crippen LogP contribution is -2.35. The van der Waals surface area contributed by atoms with Gasteiger partial charge in [-0.25, -0.2) is 0 Å². The number of fused-ring (bicyclic) bond motifs is 1. The van der Waals surface area contributed by atoms with Crippen molar-refractivity contribution in [2.24, 2.45) is 5.92 Å². The van der Waals surface area contributed by atoms with Gasteiger partial charge in [-0.3, -0.25) is 9.59 Å². The number of benzene rings is 2. The van der Waals surface area contributed by atoms with Gasteiger partial charge in [0.15, 0.2) is 0 Å². The number of aromatic nitrogens is 1. The van der Waals surface area contributed by atoms with E-state index in [4.69, 9.17) is 0 Å². The molecule has 31 heavy (non-hydrogen) atoms. The molecule has 2 amide bonds. The number of nitrogens with one attached hydrogen (secondary N) is 1. The van der Waals surface area contributed by atoms with Gasteiger partial charge in [0.2, 0.25) is 0 Å². The highest BCUT2D eigenvalue weighted by molar-refractivity contribution is 6.07. The third kappa shape index (κ3) is 4.82. The van der Waals surface area contributed by atoms with Crippen LogP contribution in [0.25, 0.3) is 10.9 Å². The zero-order chi connectivity index (χ0) is 21.8. The van der Waals surface area contributed by atoms with Gasteiger partial charge >= 0.3 is 0 Å². The van der Waals surface area contributed by atoms with Gasteiger partial charge in [0.25, 0.3) is 11.8 Å². The van der Waals surface area contributed by atoms with E-state index >= 15 is 0 Å². The first-order valence-electron chi connectivity index (χ1n) is 11.3. The van der Waals surface area contributed by atoms with E-state index in [1.807, 2.05) is 53.6 Å². The molecular formula is C26H31N3O2. The van der Waals surface area contributed by atoms with Gasteiger partial charge in [-0.1, -0.05) is 44.2 Å². The van der Waals surface area contributed by atoms with Crippen LogP contribution in [0.15, 0.2) is 54.7 Å². The number of para-hydroxylation sites is 1. The lowest BCUT2D eigenvalue weighted by molar-refractivity contribution is 0.0724. The summed E-state index contributed by atoms with van der Waals surface area (Å²) in [5.41, 5.74) is 3.40. The number of amides is 2. The highest BCUT2D eigenvalue weighted by Gasteiger charge is 2.19. The van der Waals surface area contributed by atoms with Crippen LogP contribution < -0.4 is 5.32 Å². The van der Waals surface area contributed by atoms with Gasteiger partial charge < -0.3 is 14.8 Å². The molecule has 1 aliphatic rings. The van der Waals surface area contributed by atoms with Crippen molar-refractivity contribution in [2.75, 3.05) is 13.1 Å². The molecule has 4 rings (SSSR count). The molecule has 0 atom stereocenters. The van der Waals surface area contributed by atoms with Crippen LogP contribution in [0, 0.1) is 5.92 Å². The lowest BCUT2D eigenvalue weighted by atomic mass is 10.1. The number of likely N-dealkylation sites (tertiary alicyclic amines) is 1. The predicted molar refractivity (Wildman–Crippen MR) is 124 cm³/mol. The van der Waals surface area contributed by atoms with Crippen LogP contribution in [0.3, 0.4) is 0 Å². The topological polar surface area (TPSA) is 54.3 Å².